The lowest BCUT2D eigenvalue weighted by Gasteiger charge is -2.14. The largest absolute Gasteiger partial charge is 0.492 e. The van der Waals surface area contributed by atoms with Crippen LogP contribution in [0.3, 0.4) is 0 Å². The fourth-order valence-corrected chi connectivity index (χ4v) is 2.72. The van der Waals surface area contributed by atoms with E-state index in [9.17, 15) is 4.39 Å². The topological polar surface area (TPSA) is 40.0 Å². The molecule has 0 aromatic heterocycles. The Hall–Kier alpha value is -1.27. The van der Waals surface area contributed by atoms with Gasteiger partial charge in [-0.1, -0.05) is 23.7 Å². The van der Waals surface area contributed by atoms with E-state index in [0.29, 0.717) is 29.7 Å². The summed E-state index contributed by atoms with van der Waals surface area (Å²) in [6, 6.07) is 3.58. The van der Waals surface area contributed by atoms with Gasteiger partial charge in [0.2, 0.25) is 0 Å². The van der Waals surface area contributed by atoms with Crippen LogP contribution in [-0.4, -0.2) is 25.5 Å². The van der Waals surface area contributed by atoms with Crippen molar-refractivity contribution in [3.8, 4) is 11.5 Å². The van der Waals surface area contributed by atoms with Crippen LogP contribution in [0.15, 0.2) is 28.1 Å². The van der Waals surface area contributed by atoms with Gasteiger partial charge in [0, 0.05) is 6.07 Å². The molecule has 4 nitrogen and oxygen atoms in total. The summed E-state index contributed by atoms with van der Waals surface area (Å²) in [5, 5.41) is 4.41. The second kappa shape index (κ2) is 13.8. The van der Waals surface area contributed by atoms with Crippen LogP contribution < -0.4 is 9.47 Å². The highest BCUT2D eigenvalue weighted by atomic mass is 79.9. The molecule has 0 saturated carbocycles. The fraction of sp³-hybridized carbons (Fsp3) is 0.550. The van der Waals surface area contributed by atoms with Crippen LogP contribution in [0, 0.1) is 0 Å². The van der Waals surface area contributed by atoms with Crippen molar-refractivity contribution in [2.45, 2.75) is 52.9 Å². The predicted molar refractivity (Wildman–Crippen MR) is 113 cm³/mol. The number of rotatable bonds is 13. The maximum atomic E-state index is 12.7. The Morgan fingerprint density at radius 1 is 1.15 bits per heavy atom. The van der Waals surface area contributed by atoms with Crippen molar-refractivity contribution in [3.05, 3.63) is 33.5 Å². The lowest BCUT2D eigenvalue weighted by Crippen LogP contribution is -2.02. The van der Waals surface area contributed by atoms with Gasteiger partial charge in [-0.3, -0.25) is 0 Å². The molecule has 0 atom stereocenters. The average molecular weight is 465 g/mol. The number of aryl methyl sites for hydroxylation is 1. The summed E-state index contributed by atoms with van der Waals surface area (Å²) in [4.78, 5) is 5.17. The summed E-state index contributed by atoms with van der Waals surface area (Å²) in [5.74, 6) is 1.30. The predicted octanol–water partition coefficient (Wildman–Crippen LogP) is 6.84. The zero-order chi connectivity index (χ0) is 20.1. The first-order valence-corrected chi connectivity index (χ1v) is 10.3. The number of nitrogens with zero attached hydrogens (tertiary/aromatic N) is 1. The molecule has 152 valence electrons. The maximum absolute atomic E-state index is 12.7. The summed E-state index contributed by atoms with van der Waals surface area (Å²) >= 11 is 9.07. The zero-order valence-corrected chi connectivity index (χ0v) is 18.5. The van der Waals surface area contributed by atoms with Crippen molar-refractivity contribution in [1.82, 2.24) is 0 Å². The quantitative estimate of drug-likeness (QED) is 0.182. The van der Waals surface area contributed by atoms with E-state index in [1.54, 1.807) is 6.07 Å². The molecule has 1 aromatic rings. The third kappa shape index (κ3) is 10.6. The van der Waals surface area contributed by atoms with E-state index in [1.165, 1.54) is 6.08 Å². The third-order valence-electron chi connectivity index (χ3n) is 3.59. The first-order chi connectivity index (χ1) is 12.9. The van der Waals surface area contributed by atoms with Gasteiger partial charge in [0.15, 0.2) is 4.74 Å². The smallest absolute Gasteiger partial charge is 0.165 e. The minimum Gasteiger partial charge on any atom is -0.492 e. The van der Waals surface area contributed by atoms with Gasteiger partial charge >= 0.3 is 0 Å². The molecule has 0 N–H and O–H groups in total. The Morgan fingerprint density at radius 2 is 1.85 bits per heavy atom. The van der Waals surface area contributed by atoms with Crippen molar-refractivity contribution in [2.24, 2.45) is 5.16 Å². The number of hydrogen-bond acceptors (Lipinski definition) is 4. The van der Waals surface area contributed by atoms with Crippen LogP contribution in [0.5, 0.6) is 11.5 Å². The first kappa shape index (κ1) is 23.8. The number of unbranched alkanes of at least 4 members (excludes halogenated alkanes) is 3. The fourth-order valence-electron chi connectivity index (χ4n) is 2.30. The van der Waals surface area contributed by atoms with Gasteiger partial charge in [0.05, 0.1) is 17.3 Å². The molecule has 0 saturated heterocycles. The van der Waals surface area contributed by atoms with Crippen LogP contribution >= 0.6 is 27.5 Å². The van der Waals surface area contributed by atoms with E-state index in [1.807, 2.05) is 26.8 Å². The maximum Gasteiger partial charge on any atom is 0.165 e. The summed E-state index contributed by atoms with van der Waals surface area (Å²) in [7, 11) is 0. The van der Waals surface area contributed by atoms with Gasteiger partial charge in [-0.2, -0.15) is 4.39 Å². The standard InChI is InChI=1S/C20H28BrClFNO3/c1-4-16-13-17(25-12-9-19(21)23)14-18(22)20(16)26-10-7-5-6-8-11-27-24-15(2)3/h9,13-14H,4-8,10-12H2,1-3H3/b19-9+. The average Bonchev–Trinajstić information content (AvgIpc) is 2.60. The molecular weight excluding hydrogens is 437 g/mol. The molecule has 0 fully saturated rings. The molecule has 0 aliphatic carbocycles. The van der Waals surface area contributed by atoms with Gasteiger partial charge in [0.1, 0.15) is 24.7 Å². The van der Waals surface area contributed by atoms with Crippen molar-refractivity contribution in [1.29, 1.82) is 0 Å². The summed E-state index contributed by atoms with van der Waals surface area (Å²) in [6.45, 7) is 7.23. The second-order valence-corrected chi connectivity index (χ2v) is 7.35. The SMILES string of the molecule is CCc1cc(OC/C=C(/F)Br)cc(Cl)c1OCCCCCCON=C(C)C. The summed E-state index contributed by atoms with van der Waals surface area (Å²) in [5.41, 5.74) is 1.90. The van der Waals surface area contributed by atoms with Crippen LogP contribution in [0.1, 0.15) is 52.0 Å². The molecule has 0 amide bonds. The van der Waals surface area contributed by atoms with Crippen LogP contribution in [0.4, 0.5) is 4.39 Å². The van der Waals surface area contributed by atoms with E-state index >= 15 is 0 Å². The van der Waals surface area contributed by atoms with Crippen LogP contribution in [0.25, 0.3) is 0 Å². The minimum absolute atomic E-state index is 0.129. The molecule has 27 heavy (non-hydrogen) atoms. The lowest BCUT2D eigenvalue weighted by molar-refractivity contribution is 0.139. The van der Waals surface area contributed by atoms with Crippen molar-refractivity contribution < 1.29 is 18.7 Å². The molecule has 0 bridgehead atoms. The van der Waals surface area contributed by atoms with Crippen LogP contribution in [0.2, 0.25) is 5.02 Å². The van der Waals surface area contributed by atoms with Crippen molar-refractivity contribution >= 4 is 33.2 Å². The van der Waals surface area contributed by atoms with Gasteiger partial charge in [-0.25, -0.2) is 0 Å². The second-order valence-electron chi connectivity index (χ2n) is 6.19. The lowest BCUT2D eigenvalue weighted by atomic mass is 10.1. The highest BCUT2D eigenvalue weighted by molar-refractivity contribution is 9.11. The van der Waals surface area contributed by atoms with Crippen LogP contribution in [-0.2, 0) is 11.3 Å². The molecule has 0 unspecified atom stereocenters. The third-order valence-corrected chi connectivity index (χ3v) is 4.19. The Bertz CT molecular complexity index is 630. The number of hydrogen-bond donors (Lipinski definition) is 0. The van der Waals surface area contributed by atoms with E-state index in [-0.39, 0.29) is 6.61 Å². The highest BCUT2D eigenvalue weighted by Crippen LogP contribution is 2.34. The molecule has 0 heterocycles. The highest BCUT2D eigenvalue weighted by Gasteiger charge is 2.11. The van der Waals surface area contributed by atoms with E-state index < -0.39 is 4.74 Å². The number of halogens is 3. The molecule has 0 aliphatic heterocycles. The molecule has 0 radical (unpaired) electrons. The molecule has 7 heteroatoms. The Morgan fingerprint density at radius 3 is 2.48 bits per heavy atom. The number of oxime groups is 1. The first-order valence-electron chi connectivity index (χ1n) is 9.16. The monoisotopic (exact) mass is 463 g/mol. The van der Waals surface area contributed by atoms with Gasteiger partial charge in [-0.05, 0) is 79.6 Å². The Balaban J connectivity index is 2.39. The van der Waals surface area contributed by atoms with E-state index in [4.69, 9.17) is 25.9 Å². The van der Waals surface area contributed by atoms with Crippen molar-refractivity contribution in [2.75, 3.05) is 19.8 Å². The summed E-state index contributed by atoms with van der Waals surface area (Å²) < 4.78 is 23.6. The molecule has 0 spiro atoms. The number of benzene rings is 1. The molecule has 1 aromatic carbocycles. The van der Waals surface area contributed by atoms with E-state index in [0.717, 1.165) is 43.4 Å². The zero-order valence-electron chi connectivity index (χ0n) is 16.2. The molecule has 1 rings (SSSR count). The normalized spacial score (nSPS) is 11.3. The van der Waals surface area contributed by atoms with Gasteiger partial charge in [0.25, 0.3) is 0 Å². The number of ether oxygens (including phenoxy) is 2. The molecular formula is C20H28BrClFNO3. The van der Waals surface area contributed by atoms with Gasteiger partial charge < -0.3 is 14.3 Å². The minimum atomic E-state index is -0.455. The van der Waals surface area contributed by atoms with Crippen molar-refractivity contribution in [3.63, 3.8) is 0 Å². The molecule has 0 aliphatic rings. The Labute approximate surface area is 174 Å². The summed E-state index contributed by atoms with van der Waals surface area (Å²) in [6.07, 6.45) is 6.12. The van der Waals surface area contributed by atoms with E-state index in [2.05, 4.69) is 21.1 Å². The van der Waals surface area contributed by atoms with Gasteiger partial charge in [-0.15, -0.1) is 0 Å². The Kier molecular flexibility index (Phi) is 12.2.